The number of nitrogens with zero attached hydrogens (tertiary/aromatic N) is 4. The zero-order chi connectivity index (χ0) is 22.8. The van der Waals surface area contributed by atoms with E-state index in [9.17, 15) is 9.18 Å². The van der Waals surface area contributed by atoms with Gasteiger partial charge in [0.15, 0.2) is 16.1 Å². The summed E-state index contributed by atoms with van der Waals surface area (Å²) in [6.07, 6.45) is 5.25. The van der Waals surface area contributed by atoms with E-state index in [4.69, 9.17) is 4.74 Å². The summed E-state index contributed by atoms with van der Waals surface area (Å²) in [5, 5.41) is 12.9. The fraction of sp³-hybridized carbons (Fsp3) is 0.478. The predicted octanol–water partition coefficient (Wildman–Crippen LogP) is 4.58. The molecule has 1 aliphatic heterocycles. The van der Waals surface area contributed by atoms with Gasteiger partial charge in [-0.3, -0.25) is 9.36 Å². The SMILES string of the molecule is C[C@@H]1CCc2nc(NC(=O)CSc3nnc(-c4ccc(F)cc4)n3C[C@@H]3CCCO3)sc2C1. The minimum atomic E-state index is -0.298. The zero-order valence-electron chi connectivity index (χ0n) is 18.4. The van der Waals surface area contributed by atoms with Gasteiger partial charge in [0.2, 0.25) is 5.91 Å². The molecule has 1 saturated heterocycles. The molecule has 1 aliphatic carbocycles. The van der Waals surface area contributed by atoms with Gasteiger partial charge in [-0.25, -0.2) is 9.37 Å². The first kappa shape index (κ1) is 22.5. The van der Waals surface area contributed by atoms with Crippen molar-refractivity contribution in [2.45, 2.75) is 56.8 Å². The van der Waals surface area contributed by atoms with Crippen molar-refractivity contribution < 1.29 is 13.9 Å². The monoisotopic (exact) mass is 487 g/mol. The second kappa shape index (κ2) is 9.90. The fourth-order valence-corrected chi connectivity index (χ4v) is 6.18. The van der Waals surface area contributed by atoms with Crippen LogP contribution in [-0.4, -0.2) is 44.1 Å². The Kier molecular flexibility index (Phi) is 6.75. The summed E-state index contributed by atoms with van der Waals surface area (Å²) < 4.78 is 21.2. The lowest BCUT2D eigenvalue weighted by atomic mass is 9.93. The number of aromatic nitrogens is 4. The fourth-order valence-electron chi connectivity index (χ4n) is 4.24. The Morgan fingerprint density at radius 2 is 2.15 bits per heavy atom. The number of rotatable bonds is 7. The van der Waals surface area contributed by atoms with Crippen LogP contribution >= 0.6 is 23.1 Å². The van der Waals surface area contributed by atoms with Crippen molar-refractivity contribution in [2.24, 2.45) is 5.92 Å². The van der Waals surface area contributed by atoms with Gasteiger partial charge >= 0.3 is 0 Å². The second-order valence-corrected chi connectivity index (χ2v) is 10.7. The van der Waals surface area contributed by atoms with Crippen LogP contribution in [0.3, 0.4) is 0 Å². The van der Waals surface area contributed by atoms with Crippen LogP contribution in [0.5, 0.6) is 0 Å². The Bertz CT molecular complexity index is 1120. The van der Waals surface area contributed by atoms with Gasteiger partial charge in [0.05, 0.1) is 24.1 Å². The number of carbonyl (C=O) groups excluding carboxylic acids is 1. The third-order valence-electron chi connectivity index (χ3n) is 5.99. The number of hydrogen-bond donors (Lipinski definition) is 1. The maximum absolute atomic E-state index is 13.4. The molecule has 0 bridgehead atoms. The molecule has 5 rings (SSSR count). The maximum atomic E-state index is 13.4. The summed E-state index contributed by atoms with van der Waals surface area (Å²) in [5.74, 6) is 1.11. The van der Waals surface area contributed by atoms with Crippen molar-refractivity contribution in [1.82, 2.24) is 19.7 Å². The predicted molar refractivity (Wildman–Crippen MR) is 127 cm³/mol. The normalized spacial score (nSPS) is 20.1. The first-order chi connectivity index (χ1) is 16.0. The molecule has 7 nitrogen and oxygen atoms in total. The highest BCUT2D eigenvalue weighted by Crippen LogP contribution is 2.32. The average Bonchev–Trinajstić information content (AvgIpc) is 3.53. The molecule has 10 heteroatoms. The molecule has 1 fully saturated rings. The highest BCUT2D eigenvalue weighted by molar-refractivity contribution is 7.99. The zero-order valence-corrected chi connectivity index (χ0v) is 20.1. The van der Waals surface area contributed by atoms with Gasteiger partial charge in [-0.05, 0) is 62.3 Å². The molecule has 0 spiro atoms. The van der Waals surface area contributed by atoms with E-state index < -0.39 is 0 Å². The van der Waals surface area contributed by atoms with Crippen molar-refractivity contribution >= 4 is 34.1 Å². The minimum Gasteiger partial charge on any atom is -0.376 e. The van der Waals surface area contributed by atoms with Gasteiger partial charge in [0, 0.05) is 17.0 Å². The lowest BCUT2D eigenvalue weighted by Gasteiger charge is -2.15. The lowest BCUT2D eigenvalue weighted by Crippen LogP contribution is -2.18. The largest absolute Gasteiger partial charge is 0.376 e. The first-order valence-electron chi connectivity index (χ1n) is 11.3. The maximum Gasteiger partial charge on any atom is 0.236 e. The molecule has 3 aromatic rings. The molecule has 1 N–H and O–H groups in total. The number of amides is 1. The van der Waals surface area contributed by atoms with Crippen LogP contribution in [0.1, 0.15) is 36.8 Å². The number of benzene rings is 1. The molecular formula is C23H26FN5O2S2. The van der Waals surface area contributed by atoms with E-state index in [1.54, 1.807) is 23.5 Å². The van der Waals surface area contributed by atoms with Crippen LogP contribution in [0.15, 0.2) is 29.4 Å². The Morgan fingerprint density at radius 1 is 1.30 bits per heavy atom. The number of thioether (sulfide) groups is 1. The molecule has 1 aromatic carbocycles. The van der Waals surface area contributed by atoms with Gasteiger partial charge in [-0.15, -0.1) is 21.5 Å². The number of ether oxygens (including phenoxy) is 1. The minimum absolute atomic E-state index is 0.0809. The Hall–Kier alpha value is -2.30. The quantitative estimate of drug-likeness (QED) is 0.492. The summed E-state index contributed by atoms with van der Waals surface area (Å²) in [6, 6.07) is 6.21. The van der Waals surface area contributed by atoms with Gasteiger partial charge in [-0.2, -0.15) is 0 Å². The summed E-state index contributed by atoms with van der Waals surface area (Å²) in [4.78, 5) is 18.5. The molecule has 0 saturated carbocycles. The van der Waals surface area contributed by atoms with E-state index >= 15 is 0 Å². The summed E-state index contributed by atoms with van der Waals surface area (Å²) in [5.41, 5.74) is 1.90. The van der Waals surface area contributed by atoms with Gasteiger partial charge < -0.3 is 10.1 Å². The summed E-state index contributed by atoms with van der Waals surface area (Å²) in [7, 11) is 0. The van der Waals surface area contributed by atoms with E-state index in [1.807, 2.05) is 4.57 Å². The van der Waals surface area contributed by atoms with Crippen molar-refractivity contribution in [1.29, 1.82) is 0 Å². The second-order valence-electron chi connectivity index (χ2n) is 8.63. The first-order valence-corrected chi connectivity index (χ1v) is 13.1. The molecule has 3 heterocycles. The van der Waals surface area contributed by atoms with E-state index in [-0.39, 0.29) is 23.6 Å². The van der Waals surface area contributed by atoms with Gasteiger partial charge in [0.25, 0.3) is 0 Å². The summed E-state index contributed by atoms with van der Waals surface area (Å²) >= 11 is 2.92. The molecule has 2 atom stereocenters. The van der Waals surface area contributed by atoms with Crippen molar-refractivity contribution in [2.75, 3.05) is 17.7 Å². The van der Waals surface area contributed by atoms with Gasteiger partial charge in [-0.1, -0.05) is 18.7 Å². The molecule has 2 aromatic heterocycles. The number of halogens is 1. The smallest absolute Gasteiger partial charge is 0.236 e. The number of carbonyl (C=O) groups is 1. The number of hydrogen-bond acceptors (Lipinski definition) is 7. The Morgan fingerprint density at radius 3 is 2.94 bits per heavy atom. The number of fused-ring (bicyclic) bond motifs is 1. The van der Waals surface area contributed by atoms with Crippen LogP contribution in [0.25, 0.3) is 11.4 Å². The van der Waals surface area contributed by atoms with Gasteiger partial charge in [0.1, 0.15) is 5.82 Å². The topological polar surface area (TPSA) is 81.9 Å². The third-order valence-corrected chi connectivity index (χ3v) is 8.00. The Balaban J connectivity index is 1.28. The van der Waals surface area contributed by atoms with Crippen molar-refractivity contribution in [3.8, 4) is 11.4 Å². The highest BCUT2D eigenvalue weighted by Gasteiger charge is 2.23. The van der Waals surface area contributed by atoms with Crippen molar-refractivity contribution in [3.63, 3.8) is 0 Å². The van der Waals surface area contributed by atoms with E-state index in [1.165, 1.54) is 28.8 Å². The van der Waals surface area contributed by atoms with E-state index in [2.05, 4.69) is 27.4 Å². The van der Waals surface area contributed by atoms with Crippen molar-refractivity contribution in [3.05, 3.63) is 40.7 Å². The van der Waals surface area contributed by atoms with Crippen LogP contribution in [-0.2, 0) is 28.9 Å². The van der Waals surface area contributed by atoms with Crippen LogP contribution in [0.4, 0.5) is 9.52 Å². The average molecular weight is 488 g/mol. The molecule has 2 aliphatic rings. The van der Waals surface area contributed by atoms with Crippen LogP contribution in [0, 0.1) is 11.7 Å². The van der Waals surface area contributed by atoms with Crippen LogP contribution in [0.2, 0.25) is 0 Å². The molecule has 0 unspecified atom stereocenters. The third kappa shape index (κ3) is 5.28. The number of aryl methyl sites for hydroxylation is 1. The number of thiazole rings is 1. The van der Waals surface area contributed by atoms with Crippen LogP contribution < -0.4 is 5.32 Å². The molecule has 0 radical (unpaired) electrons. The molecule has 174 valence electrons. The molecule has 1 amide bonds. The summed E-state index contributed by atoms with van der Waals surface area (Å²) in [6.45, 7) is 3.60. The Labute approximate surface area is 200 Å². The van der Waals surface area contributed by atoms with E-state index in [0.717, 1.165) is 50.0 Å². The standard InChI is InChI=1S/C23H26FN5O2S2/c1-14-4-9-18-19(11-14)33-22(25-18)26-20(30)13-32-23-28-27-21(15-5-7-16(24)8-6-15)29(23)12-17-3-2-10-31-17/h5-8,14,17H,2-4,9-13H2,1H3,(H,25,26,30)/t14-,17+/m1/s1. The molecular weight excluding hydrogens is 461 g/mol. The number of nitrogens with one attached hydrogen (secondary N) is 1. The van der Waals surface area contributed by atoms with E-state index in [0.29, 0.717) is 28.6 Å². The lowest BCUT2D eigenvalue weighted by molar-refractivity contribution is -0.113. The highest BCUT2D eigenvalue weighted by atomic mass is 32.2. The molecule has 33 heavy (non-hydrogen) atoms. The number of anilines is 1.